The van der Waals surface area contributed by atoms with Crippen molar-refractivity contribution in [3.05, 3.63) is 12.2 Å². The van der Waals surface area contributed by atoms with Crippen LogP contribution >= 0.6 is 15.6 Å². The average Bonchev–Trinajstić information content (AvgIpc) is 3.16. The molecule has 0 aromatic heterocycles. The van der Waals surface area contributed by atoms with Gasteiger partial charge in [-0.15, -0.1) is 6.58 Å². The smallest absolute Gasteiger partial charge is 0.465 e. The number of phosphoric acid groups is 2. The zero-order valence-corrected chi connectivity index (χ0v) is 41.9. The molecule has 0 bridgehead atoms. The molecule has 2 heterocycles. The SMILES string of the molecule is C.C.C=C(C)CCOC(=O)CCNC(=O)[C@@H]1OP(=O)(OCOC(=O)C(C)(C)C)OCC1(C)CC1(C)CO[P@](=O)(OCOC(=O)C(C)(C)C)O[C@H]1C(=O)NCCC(=O)CCCS(C)(=O)=O.CC.[HH].[HH]. The number of sulfone groups is 1. The number of hydrogen-bond acceptors (Lipinski definition) is 19. The predicted octanol–water partition coefficient (Wildman–Crippen LogP) is 7.27. The first-order chi connectivity index (χ1) is 29.3. The number of hydrogen-bond donors (Lipinski definition) is 2. The molecule has 390 valence electrons. The van der Waals surface area contributed by atoms with E-state index in [1.54, 1.807) is 48.5 Å². The normalized spacial score (nSPS) is 25.2. The number of carbonyl (C=O) groups is 6. The summed E-state index contributed by atoms with van der Waals surface area (Å²) >= 11 is 0. The standard InChI is InChI=1S/C38H64N2O19P2S.C2H6.2CH4.2H2/c1-26(2)16-19-51-28(42)15-18-40-32(44)30-38(10,23-55-61(48,59-30)57-25-53-34(46)36(6,7)8)21-37(9)22-54-60(47,56-24-52-33(45)35(3,4)5)58-29(37)31(43)39-17-14-27(41)13-12-20-62(11,49)50;1-2;;;;/h29-30H,1,12-25H2,2-11H3,(H,39,43)(H,40,44);1-2H3;2*1H4;2*1H/t29-,30-,37?,38?,60+,61?;;;;;/m0...../s1. The molecule has 0 spiro atoms. The van der Waals surface area contributed by atoms with Crippen molar-refractivity contribution >= 4 is 61.0 Å². The van der Waals surface area contributed by atoms with E-state index in [1.807, 2.05) is 13.8 Å². The van der Waals surface area contributed by atoms with Crippen LogP contribution in [0.2, 0.25) is 0 Å². The molecule has 66 heavy (non-hydrogen) atoms. The molecule has 2 aliphatic heterocycles. The number of nitrogens with one attached hydrogen (secondary N) is 2. The van der Waals surface area contributed by atoms with E-state index in [0.717, 1.165) is 11.8 Å². The molecule has 2 aliphatic rings. The van der Waals surface area contributed by atoms with E-state index in [9.17, 15) is 46.3 Å². The highest BCUT2D eigenvalue weighted by Crippen LogP contribution is 2.62. The molecule has 0 radical (unpaired) electrons. The Bertz CT molecular complexity index is 1880. The summed E-state index contributed by atoms with van der Waals surface area (Å²) in [6.45, 7) is 18.8. The van der Waals surface area contributed by atoms with Crippen LogP contribution in [0.4, 0.5) is 0 Å². The lowest BCUT2D eigenvalue weighted by atomic mass is 9.67. The first kappa shape index (κ1) is 65.0. The van der Waals surface area contributed by atoms with Crippen molar-refractivity contribution in [3.63, 3.8) is 0 Å². The van der Waals surface area contributed by atoms with Crippen LogP contribution in [0.3, 0.4) is 0 Å². The number of amides is 2. The lowest BCUT2D eigenvalue weighted by Crippen LogP contribution is -2.58. The predicted molar refractivity (Wildman–Crippen MR) is 249 cm³/mol. The van der Waals surface area contributed by atoms with Crippen molar-refractivity contribution in [2.75, 3.05) is 58.5 Å². The van der Waals surface area contributed by atoms with Gasteiger partial charge in [-0.1, -0.05) is 48.1 Å². The summed E-state index contributed by atoms with van der Waals surface area (Å²) < 4.78 is 98.9. The first-order valence-corrected chi connectivity index (χ1v) is 25.8. The third kappa shape index (κ3) is 22.8. The molecule has 6 atom stereocenters. The summed E-state index contributed by atoms with van der Waals surface area (Å²) in [7, 11) is -12.6. The van der Waals surface area contributed by atoms with Gasteiger partial charge in [0.25, 0.3) is 0 Å². The van der Waals surface area contributed by atoms with E-state index >= 15 is 0 Å². The number of carbonyl (C=O) groups excluding carboxylic acids is 6. The van der Waals surface area contributed by atoms with Gasteiger partial charge in [0.05, 0.1) is 42.8 Å². The van der Waals surface area contributed by atoms with Gasteiger partial charge < -0.3 is 24.8 Å². The van der Waals surface area contributed by atoms with Crippen LogP contribution in [-0.4, -0.2) is 115 Å². The highest BCUT2D eigenvalue weighted by Gasteiger charge is 2.59. The Balaban J connectivity index is -0.00000336. The van der Waals surface area contributed by atoms with Crippen LogP contribution in [0.1, 0.15) is 132 Å². The summed E-state index contributed by atoms with van der Waals surface area (Å²) in [5.74, 6) is -4.33. The molecule has 2 N–H and O–H groups in total. The van der Waals surface area contributed by atoms with Gasteiger partial charge in [-0.2, -0.15) is 0 Å². The Kier molecular flexibility index (Phi) is 27.4. The van der Waals surface area contributed by atoms with Gasteiger partial charge >= 0.3 is 33.6 Å². The topological polar surface area (TPSA) is 278 Å². The monoisotopic (exact) mass is 1010 g/mol. The number of ether oxygens (including phenoxy) is 3. The van der Waals surface area contributed by atoms with Crippen molar-refractivity contribution in [1.82, 2.24) is 10.6 Å². The van der Waals surface area contributed by atoms with Gasteiger partial charge in [0.1, 0.15) is 15.6 Å². The fourth-order valence-corrected chi connectivity index (χ4v) is 9.39. The summed E-state index contributed by atoms with van der Waals surface area (Å²) in [4.78, 5) is 77.3. The maximum Gasteiger partial charge on any atom is 0.478 e. The van der Waals surface area contributed by atoms with Gasteiger partial charge in [-0.05, 0) is 61.3 Å². The largest absolute Gasteiger partial charge is 0.478 e. The summed E-state index contributed by atoms with van der Waals surface area (Å²) in [6.07, 6.45) is -2.62. The van der Waals surface area contributed by atoms with Crippen molar-refractivity contribution in [2.45, 2.75) is 142 Å². The molecule has 2 amide bonds. The maximum atomic E-state index is 13.9. The molecule has 2 fully saturated rings. The van der Waals surface area contributed by atoms with Crippen LogP contribution in [-0.2, 0) is 89.1 Å². The number of ketones is 1. The molecule has 0 aromatic rings. The second kappa shape index (κ2) is 27.8. The maximum absolute atomic E-state index is 13.9. The van der Waals surface area contributed by atoms with Crippen molar-refractivity contribution in [1.29, 1.82) is 0 Å². The minimum atomic E-state index is -4.65. The fourth-order valence-electron chi connectivity index (χ4n) is 5.84. The molecule has 2 saturated heterocycles. The van der Waals surface area contributed by atoms with Crippen molar-refractivity contribution in [3.8, 4) is 0 Å². The Morgan fingerprint density at radius 3 is 1.52 bits per heavy atom. The van der Waals surface area contributed by atoms with Crippen LogP contribution in [0.15, 0.2) is 12.2 Å². The molecule has 3 unspecified atom stereocenters. The Morgan fingerprint density at radius 1 is 0.727 bits per heavy atom. The number of esters is 3. The minimum Gasteiger partial charge on any atom is -0.465 e. The van der Waals surface area contributed by atoms with E-state index in [4.69, 9.17) is 41.4 Å². The lowest BCUT2D eigenvalue weighted by Gasteiger charge is -2.49. The van der Waals surface area contributed by atoms with E-state index in [-0.39, 0.29) is 81.0 Å². The second-order valence-corrected chi connectivity index (χ2v) is 23.5. The minimum absolute atomic E-state index is 0. The molecule has 0 aromatic carbocycles. The van der Waals surface area contributed by atoms with Crippen LogP contribution < -0.4 is 10.6 Å². The molecule has 0 saturated carbocycles. The summed E-state index contributed by atoms with van der Waals surface area (Å²) in [5, 5.41) is 5.12. The molecule has 21 nitrogen and oxygen atoms in total. The van der Waals surface area contributed by atoms with Crippen molar-refractivity contribution in [2.24, 2.45) is 21.7 Å². The average molecular weight is 1010 g/mol. The van der Waals surface area contributed by atoms with Gasteiger partial charge in [0, 0.05) is 52.3 Å². The van der Waals surface area contributed by atoms with Gasteiger partial charge in [-0.25, -0.2) is 26.6 Å². The highest BCUT2D eigenvalue weighted by molar-refractivity contribution is 7.90. The second-order valence-electron chi connectivity index (χ2n) is 18.0. The summed E-state index contributed by atoms with van der Waals surface area (Å²) in [6, 6.07) is 0. The number of rotatable bonds is 23. The van der Waals surface area contributed by atoms with E-state index < -0.39 is 116 Å². The Morgan fingerprint density at radius 2 is 1.14 bits per heavy atom. The molecule has 2 rings (SSSR count). The molecule has 0 aliphatic carbocycles. The molecular formula is C42H82N2O19P2S. The van der Waals surface area contributed by atoms with Crippen molar-refractivity contribution < 1.29 is 90.5 Å². The third-order valence-corrected chi connectivity index (χ3v) is 12.9. The zero-order chi connectivity index (χ0) is 49.4. The number of phosphoric ester groups is 2. The van der Waals surface area contributed by atoms with Crippen LogP contribution in [0.25, 0.3) is 0 Å². The molecular weight excluding hydrogens is 930 g/mol. The highest BCUT2D eigenvalue weighted by atomic mass is 32.2. The first-order valence-electron chi connectivity index (χ1n) is 20.9. The number of Topliss-reactive ketones (excluding diaryl/α,β-unsaturated/α-hetero) is 1. The van der Waals surface area contributed by atoms with E-state index in [1.165, 1.54) is 13.8 Å². The zero-order valence-electron chi connectivity index (χ0n) is 39.3. The van der Waals surface area contributed by atoms with E-state index in [2.05, 4.69) is 17.2 Å². The third-order valence-electron chi connectivity index (χ3n) is 9.24. The summed E-state index contributed by atoms with van der Waals surface area (Å²) in [5.41, 5.74) is -4.17. The van der Waals surface area contributed by atoms with Crippen LogP contribution in [0.5, 0.6) is 0 Å². The van der Waals surface area contributed by atoms with Gasteiger partial charge in [0.2, 0.25) is 25.4 Å². The fraction of sp³-hybridized carbons (Fsp3) is 0.810. The van der Waals surface area contributed by atoms with Crippen LogP contribution in [0, 0.1) is 21.7 Å². The van der Waals surface area contributed by atoms with Gasteiger partial charge in [-0.3, -0.25) is 46.9 Å². The lowest BCUT2D eigenvalue weighted by molar-refractivity contribution is -0.171. The van der Waals surface area contributed by atoms with E-state index in [0.29, 0.717) is 6.42 Å². The quantitative estimate of drug-likeness (QED) is 0.0335. The van der Waals surface area contributed by atoms with Gasteiger partial charge in [0.15, 0.2) is 12.2 Å². The Hall–Kier alpha value is -3.07. The molecule has 24 heteroatoms. The Labute approximate surface area is 395 Å².